The van der Waals surface area contributed by atoms with E-state index in [1.54, 1.807) is 19.2 Å². The van der Waals surface area contributed by atoms with Gasteiger partial charge in [-0.3, -0.25) is 4.79 Å². The third-order valence-electron chi connectivity index (χ3n) is 5.36. The molecule has 0 aliphatic carbocycles. The van der Waals surface area contributed by atoms with Crippen molar-refractivity contribution in [3.63, 3.8) is 0 Å². The number of carbonyl (C=O) groups is 1. The molecule has 1 heterocycles. The maximum Gasteiger partial charge on any atom is 0.255 e. The molecule has 0 bridgehead atoms. The van der Waals surface area contributed by atoms with Crippen LogP contribution in [0.5, 0.6) is 0 Å². The van der Waals surface area contributed by atoms with Crippen molar-refractivity contribution < 1.29 is 13.2 Å². The van der Waals surface area contributed by atoms with E-state index in [0.717, 1.165) is 42.1 Å². The molecule has 1 aliphatic heterocycles. The fourth-order valence-electron chi connectivity index (χ4n) is 3.53. The maximum absolute atomic E-state index is 13.2. The summed E-state index contributed by atoms with van der Waals surface area (Å²) in [5.74, 6) is -0.0872. The Kier molecular flexibility index (Phi) is 7.10. The van der Waals surface area contributed by atoms with Gasteiger partial charge in [-0.15, -0.1) is 11.8 Å². The third kappa shape index (κ3) is 4.82. The Morgan fingerprint density at radius 1 is 1.03 bits per heavy atom. The first kappa shape index (κ1) is 22.7. The number of hydrogen-bond donors (Lipinski definition) is 0. The smallest absolute Gasteiger partial charge is 0.255 e. The molecule has 30 heavy (non-hydrogen) atoms. The molecule has 6 nitrogen and oxygen atoms in total. The minimum atomic E-state index is -3.73. The first-order valence-corrected chi connectivity index (χ1v) is 12.6. The zero-order valence-electron chi connectivity index (χ0n) is 18.0. The van der Waals surface area contributed by atoms with Crippen LogP contribution in [0.2, 0.25) is 0 Å². The van der Waals surface area contributed by atoms with E-state index in [1.807, 2.05) is 54.4 Å². The lowest BCUT2D eigenvalue weighted by molar-refractivity contribution is 0.0789. The number of carbonyl (C=O) groups excluding carboxylic acids is 1. The van der Waals surface area contributed by atoms with Crippen LogP contribution < -0.4 is 4.90 Å². The van der Waals surface area contributed by atoms with Crippen LogP contribution in [-0.4, -0.2) is 64.0 Å². The van der Waals surface area contributed by atoms with Gasteiger partial charge in [-0.25, -0.2) is 8.42 Å². The predicted molar refractivity (Wildman–Crippen MR) is 123 cm³/mol. The molecule has 0 aromatic heterocycles. The lowest BCUT2D eigenvalue weighted by Gasteiger charge is -2.21. The number of benzene rings is 2. The molecule has 3 rings (SSSR count). The number of sulfonamides is 1. The highest BCUT2D eigenvalue weighted by atomic mass is 32.2. The molecule has 1 fully saturated rings. The quantitative estimate of drug-likeness (QED) is 0.608. The summed E-state index contributed by atoms with van der Waals surface area (Å²) in [7, 11) is 1.77. The molecule has 0 atom stereocenters. The fraction of sp³-hybridized carbons (Fsp3) is 0.409. The molecule has 162 valence electrons. The first-order valence-electron chi connectivity index (χ1n) is 9.94. The molecule has 1 saturated heterocycles. The van der Waals surface area contributed by atoms with Crippen LogP contribution in [0.3, 0.4) is 0 Å². The second kappa shape index (κ2) is 9.41. The summed E-state index contributed by atoms with van der Waals surface area (Å²) >= 11 is 1.46. The maximum atomic E-state index is 13.2. The molecular formula is C22H29N3O3S2. The Balaban J connectivity index is 1.85. The summed E-state index contributed by atoms with van der Waals surface area (Å²) in [5, 5.41) is 0. The van der Waals surface area contributed by atoms with Crippen molar-refractivity contribution in [1.29, 1.82) is 0 Å². The van der Waals surface area contributed by atoms with Crippen molar-refractivity contribution in [3.8, 4) is 0 Å². The lowest BCUT2D eigenvalue weighted by atomic mass is 10.2. The van der Waals surface area contributed by atoms with E-state index in [-0.39, 0.29) is 17.3 Å². The summed E-state index contributed by atoms with van der Waals surface area (Å²) in [5.41, 5.74) is 2.43. The fourth-order valence-corrected chi connectivity index (χ4v) is 5.28. The number of thioether (sulfide) groups is 1. The number of likely N-dealkylation sites (tertiary alicyclic amines) is 1. The van der Waals surface area contributed by atoms with Gasteiger partial charge in [-0.2, -0.15) is 4.31 Å². The molecule has 0 unspecified atom stereocenters. The standard InChI is InChI=1S/C22H29N3O3S2/c1-23(2)18-9-7-17(8-10-18)16-24(3)30(27,28)19-11-12-21(29-4)20(15-19)22(26)25-13-5-6-14-25/h7-12,15H,5-6,13-14,16H2,1-4H3. The summed E-state index contributed by atoms with van der Waals surface area (Å²) in [4.78, 5) is 17.7. The van der Waals surface area contributed by atoms with Gasteiger partial charge in [0.1, 0.15) is 0 Å². The largest absolute Gasteiger partial charge is 0.378 e. The van der Waals surface area contributed by atoms with Crippen molar-refractivity contribution in [1.82, 2.24) is 9.21 Å². The van der Waals surface area contributed by atoms with E-state index < -0.39 is 10.0 Å². The van der Waals surface area contributed by atoms with Crippen molar-refractivity contribution in [3.05, 3.63) is 53.6 Å². The van der Waals surface area contributed by atoms with E-state index in [4.69, 9.17) is 0 Å². The molecule has 2 aromatic carbocycles. The molecule has 0 radical (unpaired) electrons. The van der Waals surface area contributed by atoms with Crippen LogP contribution in [0.4, 0.5) is 5.69 Å². The van der Waals surface area contributed by atoms with Crippen LogP contribution in [0.15, 0.2) is 52.3 Å². The summed E-state index contributed by atoms with van der Waals surface area (Å²) in [6.07, 6.45) is 3.88. The lowest BCUT2D eigenvalue weighted by Crippen LogP contribution is -2.29. The number of rotatable bonds is 7. The van der Waals surface area contributed by atoms with Crippen LogP contribution in [-0.2, 0) is 16.6 Å². The molecular weight excluding hydrogens is 418 g/mol. The second-order valence-electron chi connectivity index (χ2n) is 7.68. The van der Waals surface area contributed by atoms with Crippen LogP contribution in [0, 0.1) is 0 Å². The van der Waals surface area contributed by atoms with Gasteiger partial charge in [0.25, 0.3) is 5.91 Å². The molecule has 2 aromatic rings. The molecule has 0 spiro atoms. The normalized spacial score (nSPS) is 14.4. The van der Waals surface area contributed by atoms with E-state index in [1.165, 1.54) is 22.1 Å². The summed E-state index contributed by atoms with van der Waals surface area (Å²) in [6.45, 7) is 1.72. The monoisotopic (exact) mass is 447 g/mol. The highest BCUT2D eigenvalue weighted by Crippen LogP contribution is 2.28. The van der Waals surface area contributed by atoms with E-state index in [2.05, 4.69) is 0 Å². The molecule has 0 N–H and O–H groups in total. The molecule has 1 amide bonds. The Labute approximate surface area is 183 Å². The number of anilines is 1. The van der Waals surface area contributed by atoms with Crippen molar-refractivity contribution >= 4 is 33.4 Å². The van der Waals surface area contributed by atoms with Crippen LogP contribution >= 0.6 is 11.8 Å². The van der Waals surface area contributed by atoms with E-state index >= 15 is 0 Å². The zero-order chi connectivity index (χ0) is 21.9. The zero-order valence-corrected chi connectivity index (χ0v) is 19.6. The summed E-state index contributed by atoms with van der Waals surface area (Å²) in [6, 6.07) is 12.7. The van der Waals surface area contributed by atoms with Crippen molar-refractivity contribution in [2.75, 3.05) is 45.4 Å². The van der Waals surface area contributed by atoms with E-state index in [9.17, 15) is 13.2 Å². The highest BCUT2D eigenvalue weighted by molar-refractivity contribution is 7.98. The second-order valence-corrected chi connectivity index (χ2v) is 10.6. The Morgan fingerprint density at radius 3 is 2.23 bits per heavy atom. The van der Waals surface area contributed by atoms with E-state index in [0.29, 0.717) is 5.56 Å². The van der Waals surface area contributed by atoms with Gasteiger partial charge >= 0.3 is 0 Å². The SMILES string of the molecule is CSc1ccc(S(=O)(=O)N(C)Cc2ccc(N(C)C)cc2)cc1C(=O)N1CCCC1. The first-order chi connectivity index (χ1) is 14.2. The predicted octanol–water partition coefficient (Wildman–Crippen LogP) is 3.53. The van der Waals surface area contributed by atoms with Crippen LogP contribution in [0.1, 0.15) is 28.8 Å². The van der Waals surface area contributed by atoms with Gasteiger partial charge in [-0.05, 0) is 55.0 Å². The Bertz CT molecular complexity index is 999. The molecule has 1 aliphatic rings. The average molecular weight is 448 g/mol. The van der Waals surface area contributed by atoms with Crippen molar-refractivity contribution in [2.24, 2.45) is 0 Å². The Hall–Kier alpha value is -2.03. The summed E-state index contributed by atoms with van der Waals surface area (Å²) < 4.78 is 27.7. The van der Waals surface area contributed by atoms with Gasteiger partial charge in [0.2, 0.25) is 10.0 Å². The van der Waals surface area contributed by atoms with Gasteiger partial charge < -0.3 is 9.80 Å². The highest BCUT2D eigenvalue weighted by Gasteiger charge is 2.26. The van der Waals surface area contributed by atoms with Crippen molar-refractivity contribution in [2.45, 2.75) is 29.2 Å². The number of nitrogens with zero attached hydrogens (tertiary/aromatic N) is 3. The van der Waals surface area contributed by atoms with Gasteiger partial charge in [-0.1, -0.05) is 12.1 Å². The van der Waals surface area contributed by atoms with Crippen LogP contribution in [0.25, 0.3) is 0 Å². The topological polar surface area (TPSA) is 60.9 Å². The molecule has 0 saturated carbocycles. The minimum Gasteiger partial charge on any atom is -0.378 e. The third-order valence-corrected chi connectivity index (χ3v) is 7.96. The molecule has 8 heteroatoms. The Morgan fingerprint density at radius 2 is 1.67 bits per heavy atom. The minimum absolute atomic E-state index is 0.0872. The van der Waals surface area contributed by atoms with Gasteiger partial charge in [0.15, 0.2) is 0 Å². The van der Waals surface area contributed by atoms with Gasteiger partial charge in [0.05, 0.1) is 10.5 Å². The average Bonchev–Trinajstić information content (AvgIpc) is 3.28. The van der Waals surface area contributed by atoms with Gasteiger partial charge in [0, 0.05) is 51.4 Å². The number of hydrogen-bond acceptors (Lipinski definition) is 5. The number of amides is 1.